The molecule has 0 amide bonds. The molecule has 2 aromatic carbocycles. The van der Waals surface area contributed by atoms with E-state index in [1.54, 1.807) is 0 Å². The average Bonchev–Trinajstić information content (AvgIpc) is 2.35. The molecule has 1 unspecified atom stereocenters. The summed E-state index contributed by atoms with van der Waals surface area (Å²) in [6, 6.07) is 16.5. The van der Waals surface area contributed by atoms with Crippen LogP contribution in [0.2, 0.25) is 0 Å². The Hall–Kier alpha value is -1.34. The maximum atomic E-state index is 2.48. The second kappa shape index (κ2) is 5.53. The summed E-state index contributed by atoms with van der Waals surface area (Å²) >= 11 is 0. The molecule has 0 fully saturated rings. The summed E-state index contributed by atoms with van der Waals surface area (Å²) in [6.45, 7) is 9.15. The number of rotatable bonds is 4. The molecule has 1 heteroatoms. The molecular weight excluding hydrogens is 218 g/mol. The Balaban J connectivity index is 2.50. The minimum absolute atomic E-state index is 0.538. The highest BCUT2D eigenvalue weighted by Gasteiger charge is 2.22. The fourth-order valence-corrected chi connectivity index (χ4v) is 2.64. The number of benzene rings is 2. The van der Waals surface area contributed by atoms with Gasteiger partial charge >= 0.3 is 0 Å². The molecule has 0 radical (unpaired) electrons. The molecule has 96 valence electrons. The molecule has 0 spiro atoms. The lowest BCUT2D eigenvalue weighted by Gasteiger charge is -2.23. The molecule has 0 aliphatic rings. The predicted octanol–water partition coefficient (Wildman–Crippen LogP) is 3.51. The third kappa shape index (κ3) is 2.73. The number of fused-ring (bicyclic) bond motifs is 1. The van der Waals surface area contributed by atoms with E-state index >= 15 is 0 Å². The fourth-order valence-electron chi connectivity index (χ4n) is 2.64. The van der Waals surface area contributed by atoms with Gasteiger partial charge in [0.05, 0.1) is 6.04 Å². The van der Waals surface area contributed by atoms with Gasteiger partial charge in [-0.05, 0) is 24.6 Å². The van der Waals surface area contributed by atoms with Gasteiger partial charge in [0.15, 0.2) is 0 Å². The summed E-state index contributed by atoms with van der Waals surface area (Å²) in [6.07, 6.45) is 0. The first-order chi connectivity index (χ1) is 8.59. The van der Waals surface area contributed by atoms with Gasteiger partial charge in [0.1, 0.15) is 6.04 Å². The van der Waals surface area contributed by atoms with Crippen molar-refractivity contribution in [3.8, 4) is 0 Å². The summed E-state index contributed by atoms with van der Waals surface area (Å²) in [5.74, 6) is 0.637. The third-order valence-corrected chi connectivity index (χ3v) is 3.49. The van der Waals surface area contributed by atoms with Crippen LogP contribution in [-0.4, -0.2) is 6.04 Å². The highest BCUT2D eigenvalue weighted by molar-refractivity contribution is 5.85. The lowest BCUT2D eigenvalue weighted by molar-refractivity contribution is -0.727. The van der Waals surface area contributed by atoms with Crippen molar-refractivity contribution in [3.05, 3.63) is 48.0 Å². The topological polar surface area (TPSA) is 16.6 Å². The lowest BCUT2D eigenvalue weighted by Crippen LogP contribution is -2.90. The van der Waals surface area contributed by atoms with Crippen LogP contribution in [0.4, 0.5) is 0 Å². The summed E-state index contributed by atoms with van der Waals surface area (Å²) in [5.41, 5.74) is 1.47. The minimum atomic E-state index is 0.538. The monoisotopic (exact) mass is 242 g/mol. The van der Waals surface area contributed by atoms with Gasteiger partial charge in [0.25, 0.3) is 0 Å². The summed E-state index contributed by atoms with van der Waals surface area (Å²) in [5, 5.41) is 5.22. The molecule has 0 aromatic heterocycles. The van der Waals surface area contributed by atoms with Gasteiger partial charge in [-0.25, -0.2) is 0 Å². The summed E-state index contributed by atoms with van der Waals surface area (Å²) < 4.78 is 0. The van der Waals surface area contributed by atoms with E-state index in [4.69, 9.17) is 0 Å². The molecule has 2 aromatic rings. The molecule has 2 rings (SSSR count). The summed E-state index contributed by atoms with van der Waals surface area (Å²) in [4.78, 5) is 0. The van der Waals surface area contributed by atoms with Crippen molar-refractivity contribution >= 4 is 10.8 Å². The van der Waals surface area contributed by atoms with Gasteiger partial charge in [-0.2, -0.15) is 0 Å². The average molecular weight is 242 g/mol. The van der Waals surface area contributed by atoms with Crippen molar-refractivity contribution in [2.75, 3.05) is 0 Å². The van der Waals surface area contributed by atoms with E-state index in [0.717, 1.165) is 0 Å². The van der Waals surface area contributed by atoms with Crippen molar-refractivity contribution in [3.63, 3.8) is 0 Å². The van der Waals surface area contributed by atoms with E-state index in [1.807, 2.05) is 0 Å². The standard InChI is InChI=1S/C17H23N/c1-12(2)17(18-13(3)4)16-11-7-9-14-8-5-6-10-15(14)16/h5-13,17-18H,1-4H3/p+1. The highest BCUT2D eigenvalue weighted by Crippen LogP contribution is 2.26. The van der Waals surface area contributed by atoms with Crippen LogP contribution in [0.15, 0.2) is 42.5 Å². The highest BCUT2D eigenvalue weighted by atomic mass is 14.9. The first-order valence-electron chi connectivity index (χ1n) is 6.92. The predicted molar refractivity (Wildman–Crippen MR) is 78.6 cm³/mol. The Morgan fingerprint density at radius 2 is 1.50 bits per heavy atom. The Morgan fingerprint density at radius 3 is 2.17 bits per heavy atom. The number of nitrogens with two attached hydrogens (primary N) is 1. The second-order valence-corrected chi connectivity index (χ2v) is 5.77. The molecule has 0 aliphatic carbocycles. The van der Waals surface area contributed by atoms with Crippen LogP contribution in [0.1, 0.15) is 39.3 Å². The van der Waals surface area contributed by atoms with Crippen LogP contribution >= 0.6 is 0 Å². The van der Waals surface area contributed by atoms with Crippen LogP contribution < -0.4 is 5.32 Å². The van der Waals surface area contributed by atoms with E-state index in [2.05, 4.69) is 75.5 Å². The van der Waals surface area contributed by atoms with Crippen LogP contribution in [0, 0.1) is 5.92 Å². The molecule has 0 bridgehead atoms. The zero-order valence-corrected chi connectivity index (χ0v) is 11.9. The van der Waals surface area contributed by atoms with Crippen LogP contribution in [0.3, 0.4) is 0 Å². The van der Waals surface area contributed by atoms with Crippen molar-refractivity contribution in [1.29, 1.82) is 0 Å². The number of hydrogen-bond acceptors (Lipinski definition) is 0. The molecule has 2 N–H and O–H groups in total. The Morgan fingerprint density at radius 1 is 0.833 bits per heavy atom. The second-order valence-electron chi connectivity index (χ2n) is 5.77. The van der Waals surface area contributed by atoms with Crippen molar-refractivity contribution in [2.45, 2.75) is 39.8 Å². The number of quaternary nitrogens is 1. The van der Waals surface area contributed by atoms with Crippen molar-refractivity contribution in [1.82, 2.24) is 0 Å². The summed E-state index contributed by atoms with van der Waals surface area (Å²) in [7, 11) is 0. The zero-order valence-electron chi connectivity index (χ0n) is 11.9. The molecular formula is C17H24N+. The van der Waals surface area contributed by atoms with Gasteiger partial charge in [-0.1, -0.05) is 56.3 Å². The largest absolute Gasteiger partial charge is 0.338 e. The van der Waals surface area contributed by atoms with Gasteiger partial charge in [-0.15, -0.1) is 0 Å². The van der Waals surface area contributed by atoms with Gasteiger partial charge in [0, 0.05) is 11.5 Å². The molecule has 0 heterocycles. The van der Waals surface area contributed by atoms with Gasteiger partial charge < -0.3 is 5.32 Å². The Labute approximate surface area is 110 Å². The molecule has 0 aliphatic heterocycles. The van der Waals surface area contributed by atoms with E-state index in [-0.39, 0.29) is 0 Å². The third-order valence-electron chi connectivity index (χ3n) is 3.49. The SMILES string of the molecule is CC(C)[NH2+]C(c1cccc2ccccc12)C(C)C. The van der Waals surface area contributed by atoms with Crippen LogP contribution in [0.25, 0.3) is 10.8 Å². The van der Waals surface area contributed by atoms with Gasteiger partial charge in [-0.3, -0.25) is 0 Å². The number of hydrogen-bond donors (Lipinski definition) is 1. The minimum Gasteiger partial charge on any atom is -0.338 e. The quantitative estimate of drug-likeness (QED) is 0.845. The van der Waals surface area contributed by atoms with E-state index in [1.165, 1.54) is 16.3 Å². The Bertz CT molecular complexity index is 509. The van der Waals surface area contributed by atoms with Crippen molar-refractivity contribution in [2.24, 2.45) is 5.92 Å². The van der Waals surface area contributed by atoms with Crippen molar-refractivity contribution < 1.29 is 5.32 Å². The zero-order chi connectivity index (χ0) is 13.1. The normalized spacial score (nSPS) is 13.4. The van der Waals surface area contributed by atoms with E-state index in [9.17, 15) is 0 Å². The van der Waals surface area contributed by atoms with E-state index < -0.39 is 0 Å². The molecule has 18 heavy (non-hydrogen) atoms. The maximum Gasteiger partial charge on any atom is 0.115 e. The van der Waals surface area contributed by atoms with Crippen LogP contribution in [-0.2, 0) is 0 Å². The first kappa shape index (κ1) is 13.1. The Kier molecular flexibility index (Phi) is 4.03. The molecule has 0 saturated carbocycles. The maximum absolute atomic E-state index is 2.48. The smallest absolute Gasteiger partial charge is 0.115 e. The van der Waals surface area contributed by atoms with E-state index in [0.29, 0.717) is 18.0 Å². The van der Waals surface area contributed by atoms with Gasteiger partial charge in [0.2, 0.25) is 0 Å². The molecule has 0 saturated heterocycles. The lowest BCUT2D eigenvalue weighted by atomic mass is 9.91. The molecule has 1 atom stereocenters. The molecule has 1 nitrogen and oxygen atoms in total. The first-order valence-corrected chi connectivity index (χ1v) is 6.92. The van der Waals surface area contributed by atoms with Crippen LogP contribution in [0.5, 0.6) is 0 Å². The fraction of sp³-hybridized carbons (Fsp3) is 0.412.